The molecule has 2 aromatic carbocycles. The third-order valence-corrected chi connectivity index (χ3v) is 5.12. The highest BCUT2D eigenvalue weighted by Crippen LogP contribution is 2.31. The Morgan fingerprint density at radius 2 is 1.56 bits per heavy atom. The summed E-state index contributed by atoms with van der Waals surface area (Å²) in [7, 11) is -0.508. The quantitative estimate of drug-likeness (QED) is 0.645. The van der Waals surface area contributed by atoms with Gasteiger partial charge in [-0.2, -0.15) is 0 Å². The molecule has 0 saturated carbocycles. The largest absolute Gasteiger partial charge is 0.493 e. The molecule has 3 rings (SSSR count). The second-order valence-corrected chi connectivity index (χ2v) is 7.23. The van der Waals surface area contributed by atoms with Gasteiger partial charge in [0.25, 0.3) is 10.0 Å². The van der Waals surface area contributed by atoms with Crippen LogP contribution in [-0.4, -0.2) is 27.6 Å². The Morgan fingerprint density at radius 1 is 0.852 bits per heavy atom. The van der Waals surface area contributed by atoms with Crippen molar-refractivity contribution in [3.8, 4) is 11.5 Å². The summed E-state index contributed by atoms with van der Waals surface area (Å²) in [5, 5.41) is 3.13. The Morgan fingerprint density at radius 3 is 2.19 bits per heavy atom. The number of sulfonamides is 1. The average molecular weight is 385 g/mol. The van der Waals surface area contributed by atoms with Crippen molar-refractivity contribution in [2.45, 2.75) is 4.90 Å². The topological polar surface area (TPSA) is 89.6 Å². The molecule has 0 bridgehead atoms. The van der Waals surface area contributed by atoms with Crippen LogP contribution in [0.25, 0.3) is 0 Å². The smallest absolute Gasteiger partial charge is 0.261 e. The molecule has 0 spiro atoms. The highest BCUT2D eigenvalue weighted by molar-refractivity contribution is 7.92. The summed E-state index contributed by atoms with van der Waals surface area (Å²) in [5.41, 5.74) is 1.13. The van der Waals surface area contributed by atoms with Crippen molar-refractivity contribution in [1.29, 1.82) is 0 Å². The number of ether oxygens (including phenoxy) is 2. The summed E-state index contributed by atoms with van der Waals surface area (Å²) in [6, 6.07) is 16.9. The fourth-order valence-electron chi connectivity index (χ4n) is 2.40. The standard InChI is InChI=1S/C19H19N3O4S/c1-25-17-10-8-14(12-18(17)26-2)21-19-11-9-15(13-20-19)22-27(23,24)16-6-4-3-5-7-16/h3-13,22H,1-2H3,(H,20,21). The van der Waals surface area contributed by atoms with Crippen LogP contribution in [0.3, 0.4) is 0 Å². The molecule has 0 radical (unpaired) electrons. The second-order valence-electron chi connectivity index (χ2n) is 5.55. The molecule has 0 aliphatic rings. The Bertz CT molecular complexity index is 1010. The number of aromatic nitrogens is 1. The van der Waals surface area contributed by atoms with E-state index in [1.54, 1.807) is 56.7 Å². The average Bonchev–Trinajstić information content (AvgIpc) is 2.70. The van der Waals surface area contributed by atoms with Crippen LogP contribution < -0.4 is 19.5 Å². The first kappa shape index (κ1) is 18.5. The Balaban J connectivity index is 1.72. The SMILES string of the molecule is COc1ccc(Nc2ccc(NS(=O)(=O)c3ccccc3)cn2)cc1OC. The minimum Gasteiger partial charge on any atom is -0.493 e. The molecule has 3 aromatic rings. The number of methoxy groups -OCH3 is 2. The number of hydrogen-bond donors (Lipinski definition) is 2. The number of rotatable bonds is 7. The van der Waals surface area contributed by atoms with Gasteiger partial charge >= 0.3 is 0 Å². The van der Waals surface area contributed by atoms with E-state index in [1.165, 1.54) is 18.3 Å². The molecule has 0 aliphatic heterocycles. The molecular weight excluding hydrogens is 366 g/mol. The summed E-state index contributed by atoms with van der Waals surface area (Å²) in [5.74, 6) is 1.78. The lowest BCUT2D eigenvalue weighted by atomic mass is 10.2. The summed E-state index contributed by atoms with van der Waals surface area (Å²) >= 11 is 0. The highest BCUT2D eigenvalue weighted by Gasteiger charge is 2.13. The maximum absolute atomic E-state index is 12.3. The van der Waals surface area contributed by atoms with Gasteiger partial charge in [0, 0.05) is 11.8 Å². The molecule has 8 heteroatoms. The van der Waals surface area contributed by atoms with Crippen molar-refractivity contribution in [2.24, 2.45) is 0 Å². The normalized spacial score (nSPS) is 10.9. The van der Waals surface area contributed by atoms with E-state index in [0.29, 0.717) is 23.0 Å². The highest BCUT2D eigenvalue weighted by atomic mass is 32.2. The van der Waals surface area contributed by atoms with Crippen molar-refractivity contribution >= 4 is 27.2 Å². The fraction of sp³-hybridized carbons (Fsp3) is 0.105. The van der Waals surface area contributed by atoms with Crippen LogP contribution in [0.5, 0.6) is 11.5 Å². The zero-order valence-electron chi connectivity index (χ0n) is 14.8. The molecule has 27 heavy (non-hydrogen) atoms. The number of nitrogens with zero attached hydrogens (tertiary/aromatic N) is 1. The molecule has 0 saturated heterocycles. The van der Waals surface area contributed by atoms with E-state index in [9.17, 15) is 8.42 Å². The van der Waals surface area contributed by atoms with Crippen LogP contribution in [-0.2, 0) is 10.0 Å². The molecule has 0 atom stereocenters. The van der Waals surface area contributed by atoms with E-state index in [1.807, 2.05) is 6.07 Å². The predicted octanol–water partition coefficient (Wildman–Crippen LogP) is 3.64. The molecule has 140 valence electrons. The minimum absolute atomic E-state index is 0.192. The van der Waals surface area contributed by atoms with Gasteiger partial charge in [-0.25, -0.2) is 13.4 Å². The number of hydrogen-bond acceptors (Lipinski definition) is 6. The van der Waals surface area contributed by atoms with Crippen LogP contribution in [0, 0.1) is 0 Å². The number of benzene rings is 2. The molecule has 1 heterocycles. The van der Waals surface area contributed by atoms with Gasteiger partial charge in [0.2, 0.25) is 0 Å². The predicted molar refractivity (Wildman–Crippen MR) is 104 cm³/mol. The number of anilines is 3. The molecule has 0 amide bonds. The lowest BCUT2D eigenvalue weighted by Crippen LogP contribution is -2.13. The van der Waals surface area contributed by atoms with Crippen molar-refractivity contribution in [3.05, 3.63) is 66.9 Å². The maximum Gasteiger partial charge on any atom is 0.261 e. The van der Waals surface area contributed by atoms with Gasteiger partial charge < -0.3 is 14.8 Å². The van der Waals surface area contributed by atoms with Gasteiger partial charge in [0.05, 0.1) is 31.0 Å². The molecular formula is C19H19N3O4S. The van der Waals surface area contributed by atoms with E-state index in [2.05, 4.69) is 15.0 Å². The Labute approximate surface area is 158 Å². The Kier molecular flexibility index (Phi) is 5.46. The summed E-state index contributed by atoms with van der Waals surface area (Å²) in [6.45, 7) is 0. The van der Waals surface area contributed by atoms with Gasteiger partial charge in [0.15, 0.2) is 11.5 Å². The third-order valence-electron chi connectivity index (χ3n) is 3.73. The molecule has 1 aromatic heterocycles. The molecule has 0 aliphatic carbocycles. The first-order valence-electron chi connectivity index (χ1n) is 8.05. The lowest BCUT2D eigenvalue weighted by Gasteiger charge is -2.11. The summed E-state index contributed by atoms with van der Waals surface area (Å²) in [4.78, 5) is 4.43. The van der Waals surface area contributed by atoms with Gasteiger partial charge in [-0.05, 0) is 36.4 Å². The van der Waals surface area contributed by atoms with Gasteiger partial charge in [0.1, 0.15) is 5.82 Å². The number of pyridine rings is 1. The van der Waals surface area contributed by atoms with Gasteiger partial charge in [-0.3, -0.25) is 4.72 Å². The van der Waals surface area contributed by atoms with E-state index in [-0.39, 0.29) is 4.90 Å². The van der Waals surface area contributed by atoms with Crippen molar-refractivity contribution in [2.75, 3.05) is 24.3 Å². The van der Waals surface area contributed by atoms with Crippen LogP contribution in [0.2, 0.25) is 0 Å². The number of nitrogens with one attached hydrogen (secondary N) is 2. The Hall–Kier alpha value is -3.26. The van der Waals surface area contributed by atoms with E-state index in [4.69, 9.17) is 9.47 Å². The van der Waals surface area contributed by atoms with Crippen LogP contribution in [0.1, 0.15) is 0 Å². The zero-order chi connectivity index (χ0) is 19.3. The monoisotopic (exact) mass is 385 g/mol. The van der Waals surface area contributed by atoms with Gasteiger partial charge in [-0.1, -0.05) is 18.2 Å². The fourth-order valence-corrected chi connectivity index (χ4v) is 3.47. The van der Waals surface area contributed by atoms with Crippen molar-refractivity contribution in [3.63, 3.8) is 0 Å². The van der Waals surface area contributed by atoms with E-state index >= 15 is 0 Å². The second kappa shape index (κ2) is 7.96. The van der Waals surface area contributed by atoms with Crippen LogP contribution >= 0.6 is 0 Å². The lowest BCUT2D eigenvalue weighted by molar-refractivity contribution is 0.355. The first-order chi connectivity index (χ1) is 13.0. The van der Waals surface area contributed by atoms with Crippen molar-refractivity contribution < 1.29 is 17.9 Å². The molecule has 0 unspecified atom stereocenters. The van der Waals surface area contributed by atoms with Crippen molar-refractivity contribution in [1.82, 2.24) is 4.98 Å². The first-order valence-corrected chi connectivity index (χ1v) is 9.53. The van der Waals surface area contributed by atoms with Crippen LogP contribution in [0.15, 0.2) is 71.8 Å². The molecule has 2 N–H and O–H groups in total. The zero-order valence-corrected chi connectivity index (χ0v) is 15.7. The summed E-state index contributed by atoms with van der Waals surface area (Å²) in [6.07, 6.45) is 1.45. The maximum atomic E-state index is 12.3. The third kappa shape index (κ3) is 4.48. The van der Waals surface area contributed by atoms with E-state index in [0.717, 1.165) is 5.69 Å². The van der Waals surface area contributed by atoms with Crippen LogP contribution in [0.4, 0.5) is 17.2 Å². The summed E-state index contributed by atoms with van der Waals surface area (Å²) < 4.78 is 37.6. The van der Waals surface area contributed by atoms with E-state index < -0.39 is 10.0 Å². The molecule has 0 fully saturated rings. The minimum atomic E-state index is -3.64. The molecule has 7 nitrogen and oxygen atoms in total. The van der Waals surface area contributed by atoms with Gasteiger partial charge in [-0.15, -0.1) is 0 Å².